The summed E-state index contributed by atoms with van der Waals surface area (Å²) in [4.78, 5) is 41.7. The largest absolute Gasteiger partial charge is 0.497 e. The van der Waals surface area contributed by atoms with Crippen LogP contribution in [0.3, 0.4) is 0 Å². The lowest BCUT2D eigenvalue weighted by Crippen LogP contribution is -2.57. The first-order valence-corrected chi connectivity index (χ1v) is 11.7. The van der Waals surface area contributed by atoms with Crippen molar-refractivity contribution in [3.05, 3.63) is 89.7 Å². The Balaban J connectivity index is 1.68. The van der Waals surface area contributed by atoms with Crippen LogP contribution in [0.4, 0.5) is 10.1 Å². The van der Waals surface area contributed by atoms with E-state index in [4.69, 9.17) is 9.47 Å². The number of benzene rings is 3. The molecule has 2 aliphatic heterocycles. The third-order valence-electron chi connectivity index (χ3n) is 7.22. The molecule has 2 aliphatic rings. The number of aliphatic carboxylic acids is 1. The highest BCUT2D eigenvalue weighted by atomic mass is 19.1. The normalized spacial score (nSPS) is 24.7. The molecule has 2 fully saturated rings. The Kier molecular flexibility index (Phi) is 6.16. The Morgan fingerprint density at radius 3 is 2.32 bits per heavy atom. The zero-order chi connectivity index (χ0) is 26.3. The average molecular weight is 505 g/mol. The summed E-state index contributed by atoms with van der Waals surface area (Å²) < 4.78 is 24.4. The number of ether oxygens (including phenoxy) is 2. The second kappa shape index (κ2) is 9.33. The number of hydrogen-bond donors (Lipinski definition) is 2. The van der Waals surface area contributed by atoms with Crippen LogP contribution in [-0.2, 0) is 20.8 Å². The Morgan fingerprint density at radius 1 is 1.00 bits per heavy atom. The van der Waals surface area contributed by atoms with Crippen molar-refractivity contribution < 1.29 is 33.4 Å². The van der Waals surface area contributed by atoms with Gasteiger partial charge >= 0.3 is 5.97 Å². The number of carboxylic acid groups (broad SMARTS) is 1. The summed E-state index contributed by atoms with van der Waals surface area (Å²) in [6, 6.07) is 18.1. The number of methoxy groups -OCH3 is 2. The first-order chi connectivity index (χ1) is 17.8. The lowest BCUT2D eigenvalue weighted by Gasteiger charge is -2.31. The standard InChI is InChI=1S/C28H25FN2O6/c1-36-19-12-13-20(21(14-19)37-2)24-22-23(26(33)31(25(22)32)18-10-8-17(29)9-11-18)28(30-24,27(34)35)15-16-6-4-3-5-7-16/h3-14,22-24,30H,15H2,1-2H3,(H,34,35)/t22-,23+,24+,28+/m1/s1. The van der Waals surface area contributed by atoms with Crippen molar-refractivity contribution in [1.82, 2.24) is 5.32 Å². The second-order valence-corrected chi connectivity index (χ2v) is 9.16. The number of amides is 2. The molecule has 2 N–H and O–H groups in total. The van der Waals surface area contributed by atoms with Crippen LogP contribution in [0.5, 0.6) is 11.5 Å². The molecule has 2 amide bonds. The molecule has 2 saturated heterocycles. The summed E-state index contributed by atoms with van der Waals surface area (Å²) in [5.41, 5.74) is -0.385. The van der Waals surface area contributed by atoms with E-state index < -0.39 is 47.0 Å². The molecular weight excluding hydrogens is 479 g/mol. The minimum absolute atomic E-state index is 0.0322. The molecule has 0 radical (unpaired) electrons. The van der Waals surface area contributed by atoms with E-state index in [1.807, 2.05) is 6.07 Å². The molecule has 0 spiro atoms. The number of fused-ring (bicyclic) bond motifs is 1. The van der Waals surface area contributed by atoms with Gasteiger partial charge in [0.2, 0.25) is 11.8 Å². The van der Waals surface area contributed by atoms with Gasteiger partial charge in [0.1, 0.15) is 22.9 Å². The lowest BCUT2D eigenvalue weighted by molar-refractivity contribution is -0.148. The van der Waals surface area contributed by atoms with Gasteiger partial charge in [0, 0.05) is 24.1 Å². The molecule has 0 saturated carbocycles. The number of rotatable bonds is 7. The molecule has 3 aromatic rings. The zero-order valence-corrected chi connectivity index (χ0v) is 20.2. The van der Waals surface area contributed by atoms with Crippen molar-refractivity contribution in [3.63, 3.8) is 0 Å². The molecule has 3 aromatic carbocycles. The molecule has 0 bridgehead atoms. The van der Waals surface area contributed by atoms with Gasteiger partial charge in [-0.2, -0.15) is 0 Å². The fourth-order valence-corrected chi connectivity index (χ4v) is 5.54. The third-order valence-corrected chi connectivity index (χ3v) is 7.22. The van der Waals surface area contributed by atoms with E-state index in [1.54, 1.807) is 42.5 Å². The van der Waals surface area contributed by atoms with E-state index in [0.29, 0.717) is 22.6 Å². The van der Waals surface area contributed by atoms with Crippen molar-refractivity contribution in [2.45, 2.75) is 18.0 Å². The van der Waals surface area contributed by atoms with E-state index >= 15 is 0 Å². The molecular formula is C28H25FN2O6. The molecule has 0 aromatic heterocycles. The lowest BCUT2D eigenvalue weighted by atomic mass is 9.76. The minimum Gasteiger partial charge on any atom is -0.497 e. The van der Waals surface area contributed by atoms with Gasteiger partial charge in [0.05, 0.1) is 31.7 Å². The van der Waals surface area contributed by atoms with Gasteiger partial charge in [-0.25, -0.2) is 9.29 Å². The van der Waals surface area contributed by atoms with E-state index in [2.05, 4.69) is 5.32 Å². The molecule has 8 nitrogen and oxygen atoms in total. The predicted molar refractivity (Wildman–Crippen MR) is 132 cm³/mol. The molecule has 0 unspecified atom stereocenters. The molecule has 4 atom stereocenters. The smallest absolute Gasteiger partial charge is 0.325 e. The first-order valence-electron chi connectivity index (χ1n) is 11.7. The summed E-state index contributed by atoms with van der Waals surface area (Å²) in [6.45, 7) is 0. The highest BCUT2D eigenvalue weighted by Crippen LogP contribution is 2.52. The van der Waals surface area contributed by atoms with Crippen LogP contribution >= 0.6 is 0 Å². The number of nitrogens with zero attached hydrogens (tertiary/aromatic N) is 1. The molecule has 5 rings (SSSR count). The monoisotopic (exact) mass is 504 g/mol. The van der Waals surface area contributed by atoms with Crippen LogP contribution in [-0.4, -0.2) is 42.6 Å². The number of nitrogens with one attached hydrogen (secondary N) is 1. The minimum atomic E-state index is -1.79. The fourth-order valence-electron chi connectivity index (χ4n) is 5.54. The number of carboxylic acids is 1. The van der Waals surface area contributed by atoms with Gasteiger partial charge in [-0.15, -0.1) is 0 Å². The summed E-state index contributed by atoms with van der Waals surface area (Å²) in [7, 11) is 2.97. The van der Waals surface area contributed by atoms with Crippen molar-refractivity contribution in [3.8, 4) is 11.5 Å². The average Bonchev–Trinajstić information content (AvgIpc) is 3.38. The van der Waals surface area contributed by atoms with Gasteiger partial charge in [-0.05, 0) is 35.9 Å². The van der Waals surface area contributed by atoms with Crippen molar-refractivity contribution in [2.75, 3.05) is 19.1 Å². The molecule has 0 aliphatic carbocycles. The summed E-state index contributed by atoms with van der Waals surface area (Å²) in [6.07, 6.45) is -0.0322. The van der Waals surface area contributed by atoms with Crippen molar-refractivity contribution in [1.29, 1.82) is 0 Å². The third kappa shape index (κ3) is 3.92. The van der Waals surface area contributed by atoms with Gasteiger partial charge in [0.15, 0.2) is 0 Å². The predicted octanol–water partition coefficient (Wildman–Crippen LogP) is 3.36. The van der Waals surface area contributed by atoms with Crippen LogP contribution < -0.4 is 19.7 Å². The SMILES string of the molecule is COc1ccc([C@@H]2N[C@](Cc3ccccc3)(C(=O)O)[C@@H]3C(=O)N(c4ccc(F)cc4)C(=O)[C@H]32)c(OC)c1. The van der Waals surface area contributed by atoms with Crippen LogP contribution in [0.15, 0.2) is 72.8 Å². The number of halogens is 1. The van der Waals surface area contributed by atoms with Crippen LogP contribution in [0.2, 0.25) is 0 Å². The Morgan fingerprint density at radius 2 is 1.70 bits per heavy atom. The maximum atomic E-state index is 13.9. The molecule has 9 heteroatoms. The second-order valence-electron chi connectivity index (χ2n) is 9.16. The van der Waals surface area contributed by atoms with Crippen LogP contribution in [0.1, 0.15) is 17.2 Å². The highest BCUT2D eigenvalue weighted by Gasteiger charge is 2.68. The molecule has 190 valence electrons. The van der Waals surface area contributed by atoms with Crippen LogP contribution in [0.25, 0.3) is 0 Å². The number of carbonyl (C=O) groups is 3. The van der Waals surface area contributed by atoms with Crippen LogP contribution in [0, 0.1) is 17.7 Å². The van der Waals surface area contributed by atoms with Gasteiger partial charge < -0.3 is 14.6 Å². The number of imide groups is 1. The molecule has 37 heavy (non-hydrogen) atoms. The van der Waals surface area contributed by atoms with E-state index in [0.717, 1.165) is 17.0 Å². The van der Waals surface area contributed by atoms with Crippen molar-refractivity contribution >= 4 is 23.5 Å². The summed E-state index contributed by atoms with van der Waals surface area (Å²) in [5.74, 6) is -4.34. The molecule has 2 heterocycles. The number of carbonyl (C=O) groups excluding carboxylic acids is 2. The van der Waals surface area contributed by atoms with Gasteiger partial charge in [-0.1, -0.05) is 36.4 Å². The van der Waals surface area contributed by atoms with Crippen molar-refractivity contribution in [2.24, 2.45) is 11.8 Å². The topological polar surface area (TPSA) is 105 Å². The maximum Gasteiger partial charge on any atom is 0.325 e. The van der Waals surface area contributed by atoms with E-state index in [-0.39, 0.29) is 12.1 Å². The maximum absolute atomic E-state index is 13.9. The summed E-state index contributed by atoms with van der Waals surface area (Å²) >= 11 is 0. The number of hydrogen-bond acceptors (Lipinski definition) is 6. The number of anilines is 1. The highest BCUT2D eigenvalue weighted by molar-refractivity contribution is 6.24. The first kappa shape index (κ1) is 24.5. The Hall–Kier alpha value is -4.24. The van der Waals surface area contributed by atoms with Gasteiger partial charge in [-0.3, -0.25) is 19.7 Å². The fraction of sp³-hybridized carbons (Fsp3) is 0.250. The Bertz CT molecular complexity index is 1360. The quantitative estimate of drug-likeness (QED) is 0.476. The van der Waals surface area contributed by atoms with Gasteiger partial charge in [0.25, 0.3) is 0 Å². The summed E-state index contributed by atoms with van der Waals surface area (Å²) in [5, 5.41) is 13.8. The zero-order valence-electron chi connectivity index (χ0n) is 20.2. The van der Waals surface area contributed by atoms with E-state index in [9.17, 15) is 23.9 Å². The van der Waals surface area contributed by atoms with E-state index in [1.165, 1.54) is 26.4 Å². The Labute approximate surface area is 212 Å².